The van der Waals surface area contributed by atoms with Crippen LogP contribution in [0.5, 0.6) is 0 Å². The van der Waals surface area contributed by atoms with E-state index in [1.807, 2.05) is 12.1 Å². The Morgan fingerprint density at radius 3 is 2.93 bits per heavy atom. The van der Waals surface area contributed by atoms with E-state index in [0.29, 0.717) is 29.0 Å². The molecule has 0 radical (unpaired) electrons. The van der Waals surface area contributed by atoms with Crippen molar-refractivity contribution < 1.29 is 9.53 Å². The Labute approximate surface area is 182 Å². The van der Waals surface area contributed by atoms with Crippen molar-refractivity contribution in [3.63, 3.8) is 0 Å². The summed E-state index contributed by atoms with van der Waals surface area (Å²) >= 11 is 6.35. The molecule has 0 aromatic carbocycles. The first-order valence-corrected chi connectivity index (χ1v) is 11.1. The first-order chi connectivity index (χ1) is 14.7. The van der Waals surface area contributed by atoms with E-state index in [9.17, 15) is 4.79 Å². The fraction of sp³-hybridized carbons (Fsp3) is 0.545. The van der Waals surface area contributed by atoms with Crippen LogP contribution in [-0.2, 0) is 16.0 Å². The maximum Gasteiger partial charge on any atom is 0.155 e. The van der Waals surface area contributed by atoms with Gasteiger partial charge in [0.15, 0.2) is 5.15 Å². The predicted octanol–water partition coefficient (Wildman–Crippen LogP) is 3.14. The quantitative estimate of drug-likeness (QED) is 0.698. The summed E-state index contributed by atoms with van der Waals surface area (Å²) in [5.74, 6) is 1.58. The standard InChI is InChI=1S/C22H28ClN5O2/c23-22-21(28-20(14-27-22)26-12-15-4-8-30-9-5-15)16-3-7-25-18(10-16)11-19(29)17-2-1-6-24-13-17/h3,7,10,14-15,17,24H,1-2,4-6,8-9,11-13H2,(H,26,28)/t17-/m1/s1. The summed E-state index contributed by atoms with van der Waals surface area (Å²) in [4.78, 5) is 26.0. The number of piperidine rings is 1. The van der Waals surface area contributed by atoms with Crippen molar-refractivity contribution in [1.82, 2.24) is 20.3 Å². The van der Waals surface area contributed by atoms with Crippen molar-refractivity contribution in [2.24, 2.45) is 11.8 Å². The monoisotopic (exact) mass is 429 g/mol. The lowest BCUT2D eigenvalue weighted by Gasteiger charge is -2.22. The van der Waals surface area contributed by atoms with Crippen molar-refractivity contribution >= 4 is 23.2 Å². The average molecular weight is 430 g/mol. The number of ketones is 1. The first kappa shape index (κ1) is 21.2. The third kappa shape index (κ3) is 5.53. The smallest absolute Gasteiger partial charge is 0.155 e. The highest BCUT2D eigenvalue weighted by molar-refractivity contribution is 6.31. The molecule has 0 aliphatic carbocycles. The fourth-order valence-corrected chi connectivity index (χ4v) is 4.21. The lowest BCUT2D eigenvalue weighted by molar-refractivity contribution is -0.122. The van der Waals surface area contributed by atoms with E-state index in [4.69, 9.17) is 16.3 Å². The van der Waals surface area contributed by atoms with Crippen LogP contribution in [0, 0.1) is 11.8 Å². The van der Waals surface area contributed by atoms with E-state index >= 15 is 0 Å². The summed E-state index contributed by atoms with van der Waals surface area (Å²) in [5.41, 5.74) is 2.16. The zero-order valence-corrected chi connectivity index (χ0v) is 17.8. The molecule has 2 aromatic rings. The van der Waals surface area contributed by atoms with Gasteiger partial charge in [-0.25, -0.2) is 9.97 Å². The van der Waals surface area contributed by atoms with Gasteiger partial charge >= 0.3 is 0 Å². The number of Topliss-reactive ketones (excluding diaryl/α,β-unsaturated/α-hetero) is 1. The van der Waals surface area contributed by atoms with E-state index in [1.54, 1.807) is 12.4 Å². The summed E-state index contributed by atoms with van der Waals surface area (Å²) < 4.78 is 5.42. The molecule has 7 nitrogen and oxygen atoms in total. The van der Waals surface area contributed by atoms with E-state index in [0.717, 1.165) is 69.8 Å². The van der Waals surface area contributed by atoms with Gasteiger partial charge in [0.1, 0.15) is 17.3 Å². The second-order valence-electron chi connectivity index (χ2n) is 8.05. The molecule has 4 heterocycles. The molecule has 2 aliphatic heterocycles. The molecule has 2 N–H and O–H groups in total. The topological polar surface area (TPSA) is 89.0 Å². The van der Waals surface area contributed by atoms with E-state index < -0.39 is 0 Å². The van der Waals surface area contributed by atoms with Crippen LogP contribution >= 0.6 is 11.6 Å². The number of carbonyl (C=O) groups excluding carboxylic acids is 1. The number of anilines is 1. The lowest BCUT2D eigenvalue weighted by atomic mass is 9.92. The van der Waals surface area contributed by atoms with Crippen LogP contribution in [0.25, 0.3) is 11.3 Å². The van der Waals surface area contributed by atoms with Crippen molar-refractivity contribution in [1.29, 1.82) is 0 Å². The predicted molar refractivity (Wildman–Crippen MR) is 117 cm³/mol. The number of halogens is 1. The number of nitrogens with zero attached hydrogens (tertiary/aromatic N) is 3. The molecule has 2 fully saturated rings. The third-order valence-corrected chi connectivity index (χ3v) is 6.11. The largest absolute Gasteiger partial charge is 0.381 e. The minimum absolute atomic E-state index is 0.0744. The van der Waals surface area contributed by atoms with Crippen LogP contribution in [0.1, 0.15) is 31.4 Å². The highest BCUT2D eigenvalue weighted by atomic mass is 35.5. The average Bonchev–Trinajstić information content (AvgIpc) is 2.80. The molecule has 1 atom stereocenters. The van der Waals surface area contributed by atoms with Crippen LogP contribution in [0.15, 0.2) is 24.5 Å². The minimum Gasteiger partial charge on any atom is -0.381 e. The highest BCUT2D eigenvalue weighted by Crippen LogP contribution is 2.26. The lowest BCUT2D eigenvalue weighted by Crippen LogP contribution is -2.35. The Bertz CT molecular complexity index is 866. The van der Waals surface area contributed by atoms with Gasteiger partial charge < -0.3 is 15.4 Å². The Morgan fingerprint density at radius 1 is 1.27 bits per heavy atom. The molecule has 30 heavy (non-hydrogen) atoms. The molecule has 2 saturated heterocycles. The van der Waals surface area contributed by atoms with E-state index in [2.05, 4.69) is 25.6 Å². The highest BCUT2D eigenvalue weighted by Gasteiger charge is 2.21. The van der Waals surface area contributed by atoms with Crippen molar-refractivity contribution in [2.75, 3.05) is 38.2 Å². The Balaban J connectivity index is 1.44. The van der Waals surface area contributed by atoms with Crippen molar-refractivity contribution in [2.45, 2.75) is 32.1 Å². The summed E-state index contributed by atoms with van der Waals surface area (Å²) in [7, 11) is 0. The number of hydrogen-bond donors (Lipinski definition) is 2. The van der Waals surface area contributed by atoms with Gasteiger partial charge in [0, 0.05) is 56.1 Å². The number of rotatable bonds is 7. The number of ether oxygens (including phenoxy) is 1. The summed E-state index contributed by atoms with van der Waals surface area (Å²) in [6, 6.07) is 3.75. The summed E-state index contributed by atoms with van der Waals surface area (Å²) in [6.45, 7) is 4.23. The molecule has 160 valence electrons. The van der Waals surface area contributed by atoms with Gasteiger partial charge in [-0.05, 0) is 50.3 Å². The molecule has 4 rings (SSSR count). The van der Waals surface area contributed by atoms with Gasteiger partial charge in [-0.15, -0.1) is 0 Å². The van der Waals surface area contributed by atoms with E-state index in [-0.39, 0.29) is 11.7 Å². The van der Waals surface area contributed by atoms with E-state index in [1.165, 1.54) is 0 Å². The number of hydrogen-bond acceptors (Lipinski definition) is 7. The molecule has 0 spiro atoms. The molecule has 0 unspecified atom stereocenters. The second-order valence-corrected chi connectivity index (χ2v) is 8.41. The molecule has 0 amide bonds. The minimum atomic E-state index is 0.0744. The van der Waals surface area contributed by atoms with Crippen molar-refractivity contribution in [3.05, 3.63) is 35.4 Å². The molecule has 0 saturated carbocycles. The number of pyridine rings is 1. The van der Waals surface area contributed by atoms with Gasteiger partial charge in [-0.3, -0.25) is 9.78 Å². The Kier molecular flexibility index (Phi) is 7.25. The number of aromatic nitrogens is 3. The zero-order valence-electron chi connectivity index (χ0n) is 17.1. The normalized spacial score (nSPS) is 20.1. The fourth-order valence-electron chi connectivity index (χ4n) is 4.01. The molecular formula is C22H28ClN5O2. The number of carbonyl (C=O) groups is 1. The van der Waals surface area contributed by atoms with Crippen LogP contribution in [0.2, 0.25) is 5.15 Å². The SMILES string of the molecule is O=C(Cc1cc(-c2nc(NCC3CCOCC3)cnc2Cl)ccn1)[C@@H]1CCCNC1. The van der Waals surface area contributed by atoms with Gasteiger partial charge in [0.25, 0.3) is 0 Å². The number of nitrogens with one attached hydrogen (secondary N) is 2. The second kappa shape index (κ2) is 10.3. The molecule has 2 aromatic heterocycles. The maximum atomic E-state index is 12.6. The summed E-state index contributed by atoms with van der Waals surface area (Å²) in [5, 5.41) is 7.01. The van der Waals surface area contributed by atoms with Crippen LogP contribution in [0.3, 0.4) is 0 Å². The van der Waals surface area contributed by atoms with Crippen molar-refractivity contribution in [3.8, 4) is 11.3 Å². The van der Waals surface area contributed by atoms with Crippen LogP contribution in [-0.4, -0.2) is 53.6 Å². The third-order valence-electron chi connectivity index (χ3n) is 5.84. The zero-order chi connectivity index (χ0) is 20.8. The Morgan fingerprint density at radius 2 is 2.13 bits per heavy atom. The summed E-state index contributed by atoms with van der Waals surface area (Å²) in [6.07, 6.45) is 7.79. The first-order valence-electron chi connectivity index (χ1n) is 10.7. The Hall–Kier alpha value is -2.09. The molecule has 2 aliphatic rings. The molecular weight excluding hydrogens is 402 g/mol. The van der Waals surface area contributed by atoms with Gasteiger partial charge in [0.05, 0.1) is 6.20 Å². The van der Waals surface area contributed by atoms with Crippen LogP contribution < -0.4 is 10.6 Å². The molecule has 0 bridgehead atoms. The van der Waals surface area contributed by atoms with Gasteiger partial charge in [0.2, 0.25) is 0 Å². The van der Waals surface area contributed by atoms with Gasteiger partial charge in [-0.2, -0.15) is 0 Å². The maximum absolute atomic E-state index is 12.6. The van der Waals surface area contributed by atoms with Gasteiger partial charge in [-0.1, -0.05) is 11.6 Å². The molecule has 8 heteroatoms. The van der Waals surface area contributed by atoms with Crippen LogP contribution in [0.4, 0.5) is 5.82 Å².